The minimum atomic E-state index is 0.142. The van der Waals surface area contributed by atoms with Gasteiger partial charge in [-0.1, -0.05) is 116 Å². The number of fused-ring (bicyclic) bond motifs is 11. The maximum atomic E-state index is 2.51. The van der Waals surface area contributed by atoms with Gasteiger partial charge in [-0.3, -0.25) is 0 Å². The topological polar surface area (TPSA) is 8.17 Å². The number of hydrogen-bond acceptors (Lipinski definition) is 1. The zero-order chi connectivity index (χ0) is 33.5. The van der Waals surface area contributed by atoms with Gasteiger partial charge >= 0.3 is 0 Å². The van der Waals surface area contributed by atoms with E-state index in [0.717, 1.165) is 11.8 Å². The molecule has 244 valence electrons. The number of hydrogen-bond donors (Lipinski definition) is 0. The van der Waals surface area contributed by atoms with E-state index in [-0.39, 0.29) is 5.41 Å². The lowest BCUT2D eigenvalue weighted by Crippen LogP contribution is -2.31. The Morgan fingerprint density at radius 3 is 2.08 bits per heavy atom. The van der Waals surface area contributed by atoms with Crippen molar-refractivity contribution in [3.05, 3.63) is 181 Å². The lowest BCUT2D eigenvalue weighted by molar-refractivity contribution is 0.327. The molecule has 0 radical (unpaired) electrons. The van der Waals surface area contributed by atoms with Crippen LogP contribution in [0, 0.1) is 11.8 Å². The minimum Gasteiger partial charge on any atom is -0.310 e. The average molecular weight is 655 g/mol. The summed E-state index contributed by atoms with van der Waals surface area (Å²) in [5, 5.41) is 2.54. The van der Waals surface area contributed by atoms with Crippen LogP contribution in [0.5, 0.6) is 0 Å². The van der Waals surface area contributed by atoms with E-state index >= 15 is 0 Å². The zero-order valence-electron chi connectivity index (χ0n) is 28.5. The molecule has 2 saturated carbocycles. The first kappa shape index (κ1) is 28.9. The molecule has 3 unspecified atom stereocenters. The molecule has 1 spiro atoms. The third-order valence-corrected chi connectivity index (χ3v) is 12.4. The Bertz CT molecular complexity index is 2620. The van der Waals surface area contributed by atoms with Crippen LogP contribution in [0.1, 0.15) is 36.8 Å². The molecule has 1 aromatic heterocycles. The first-order chi connectivity index (χ1) is 25.3. The Balaban J connectivity index is 1.09. The number of aromatic nitrogens is 1. The number of anilines is 3. The Labute approximate surface area is 299 Å². The van der Waals surface area contributed by atoms with Crippen molar-refractivity contribution in [1.82, 2.24) is 4.57 Å². The van der Waals surface area contributed by atoms with Gasteiger partial charge in [0.05, 0.1) is 16.7 Å². The van der Waals surface area contributed by atoms with Crippen molar-refractivity contribution in [1.29, 1.82) is 0 Å². The molecule has 7 aromatic carbocycles. The number of para-hydroxylation sites is 3. The molecule has 1 heterocycles. The van der Waals surface area contributed by atoms with Crippen molar-refractivity contribution in [2.45, 2.75) is 31.1 Å². The van der Waals surface area contributed by atoms with Gasteiger partial charge in [0.2, 0.25) is 0 Å². The molecule has 0 amide bonds. The fourth-order valence-electron chi connectivity index (χ4n) is 10.4. The summed E-state index contributed by atoms with van der Waals surface area (Å²) in [6.45, 7) is 0. The molecule has 2 fully saturated rings. The molecular weight excluding hydrogens is 617 g/mol. The fraction of sp³-hybridized carbons (Fsp3) is 0.143. The summed E-state index contributed by atoms with van der Waals surface area (Å²) in [6, 6.07) is 63.1. The number of rotatable bonds is 5. The summed E-state index contributed by atoms with van der Waals surface area (Å²) in [7, 11) is 0. The van der Waals surface area contributed by atoms with E-state index in [0.29, 0.717) is 0 Å². The van der Waals surface area contributed by atoms with Crippen LogP contribution < -0.4 is 4.90 Å². The summed E-state index contributed by atoms with van der Waals surface area (Å²) in [5.74, 6) is 1.58. The Morgan fingerprint density at radius 1 is 0.529 bits per heavy atom. The Kier molecular flexibility index (Phi) is 6.28. The van der Waals surface area contributed by atoms with Crippen molar-refractivity contribution in [2.24, 2.45) is 11.8 Å². The summed E-state index contributed by atoms with van der Waals surface area (Å²) >= 11 is 0. The summed E-state index contributed by atoms with van der Waals surface area (Å²) in [6.07, 6.45) is 5.40. The molecule has 8 aromatic rings. The second kappa shape index (κ2) is 11.1. The highest BCUT2D eigenvalue weighted by Crippen LogP contribution is 2.67. The second-order valence-corrected chi connectivity index (χ2v) is 14.9. The monoisotopic (exact) mass is 654 g/mol. The molecule has 3 aliphatic rings. The van der Waals surface area contributed by atoms with Crippen LogP contribution in [0.25, 0.3) is 49.7 Å². The number of nitrogens with zero attached hydrogens (tertiary/aromatic N) is 2. The zero-order valence-corrected chi connectivity index (χ0v) is 28.5. The van der Waals surface area contributed by atoms with Crippen LogP contribution in [0.2, 0.25) is 0 Å². The van der Waals surface area contributed by atoms with Crippen LogP contribution >= 0.6 is 0 Å². The molecule has 2 nitrogen and oxygen atoms in total. The van der Waals surface area contributed by atoms with Crippen LogP contribution in [0.3, 0.4) is 0 Å². The first-order valence-corrected chi connectivity index (χ1v) is 18.6. The van der Waals surface area contributed by atoms with Gasteiger partial charge in [-0.25, -0.2) is 0 Å². The molecule has 2 heteroatoms. The van der Waals surface area contributed by atoms with E-state index in [1.54, 1.807) is 11.1 Å². The molecule has 0 saturated heterocycles. The van der Waals surface area contributed by atoms with Crippen molar-refractivity contribution < 1.29 is 0 Å². The van der Waals surface area contributed by atoms with Crippen LogP contribution in [-0.4, -0.2) is 4.57 Å². The standard InChI is InChI=1S/C49H38N2/c1-3-14-37(15-4-1)50(47-24-12-22-44-48(47)41-20-7-9-21-43(41)49(44)32-33-25-27-36(49)29-33)39-18-11-13-34(30-39)35-26-28-46-42(31-35)40-19-8-10-23-45(40)51(46)38-16-5-2-6-17-38/h1-24,26,28,30-31,33,36H,25,27,29,32H2. The quantitative estimate of drug-likeness (QED) is 0.179. The Morgan fingerprint density at radius 2 is 1.24 bits per heavy atom. The molecular formula is C49H38N2. The van der Waals surface area contributed by atoms with Gasteiger partial charge in [0.25, 0.3) is 0 Å². The first-order valence-electron chi connectivity index (χ1n) is 18.6. The van der Waals surface area contributed by atoms with Gasteiger partial charge in [-0.05, 0) is 120 Å². The van der Waals surface area contributed by atoms with Crippen molar-refractivity contribution in [3.63, 3.8) is 0 Å². The van der Waals surface area contributed by atoms with E-state index in [2.05, 4.69) is 179 Å². The summed E-state index contributed by atoms with van der Waals surface area (Å²) < 4.78 is 2.39. The largest absolute Gasteiger partial charge is 0.310 e. The maximum Gasteiger partial charge on any atom is 0.0543 e. The van der Waals surface area contributed by atoms with Gasteiger partial charge in [-0.15, -0.1) is 0 Å². The fourth-order valence-corrected chi connectivity index (χ4v) is 10.4. The number of benzene rings is 7. The van der Waals surface area contributed by atoms with Crippen LogP contribution in [0.4, 0.5) is 17.1 Å². The van der Waals surface area contributed by atoms with E-state index in [4.69, 9.17) is 0 Å². The van der Waals surface area contributed by atoms with Gasteiger partial charge in [0, 0.05) is 38.8 Å². The molecule has 3 aliphatic carbocycles. The Hall–Kier alpha value is -5.86. The maximum absolute atomic E-state index is 2.51. The highest BCUT2D eigenvalue weighted by Gasteiger charge is 2.57. The highest BCUT2D eigenvalue weighted by molar-refractivity contribution is 6.10. The molecule has 3 atom stereocenters. The summed E-state index contributed by atoms with van der Waals surface area (Å²) in [5.41, 5.74) is 15.8. The average Bonchev–Trinajstić information content (AvgIpc) is 3.96. The lowest BCUT2D eigenvalue weighted by Gasteiger charge is -2.37. The predicted octanol–water partition coefficient (Wildman–Crippen LogP) is 13.0. The van der Waals surface area contributed by atoms with E-state index in [1.807, 2.05) is 0 Å². The lowest BCUT2D eigenvalue weighted by atomic mass is 9.67. The minimum absolute atomic E-state index is 0.142. The van der Waals surface area contributed by atoms with Crippen LogP contribution in [-0.2, 0) is 5.41 Å². The molecule has 0 aliphatic heterocycles. The van der Waals surface area contributed by atoms with Gasteiger partial charge in [0.1, 0.15) is 0 Å². The second-order valence-electron chi connectivity index (χ2n) is 14.9. The molecule has 11 rings (SSSR count). The van der Waals surface area contributed by atoms with E-state index in [1.165, 1.54) is 92.5 Å². The van der Waals surface area contributed by atoms with E-state index < -0.39 is 0 Å². The molecule has 51 heavy (non-hydrogen) atoms. The third-order valence-electron chi connectivity index (χ3n) is 12.4. The SMILES string of the molecule is c1ccc(N(c2cccc(-c3ccc4c(c3)c3ccccc3n4-c3ccccc3)c2)c2cccc3c2-c2ccccc2C32CC3CCC2C3)cc1. The van der Waals surface area contributed by atoms with E-state index in [9.17, 15) is 0 Å². The molecule has 2 bridgehead atoms. The van der Waals surface area contributed by atoms with Gasteiger partial charge in [-0.2, -0.15) is 0 Å². The highest BCUT2D eigenvalue weighted by atomic mass is 15.1. The summed E-state index contributed by atoms with van der Waals surface area (Å²) in [4.78, 5) is 2.51. The van der Waals surface area contributed by atoms with Crippen molar-refractivity contribution in [2.75, 3.05) is 4.90 Å². The van der Waals surface area contributed by atoms with Gasteiger partial charge in [0.15, 0.2) is 0 Å². The van der Waals surface area contributed by atoms with Crippen LogP contribution in [0.15, 0.2) is 170 Å². The van der Waals surface area contributed by atoms with Gasteiger partial charge < -0.3 is 9.47 Å². The third kappa shape index (κ3) is 4.17. The predicted molar refractivity (Wildman–Crippen MR) is 213 cm³/mol. The molecule has 0 N–H and O–H groups in total. The normalized spacial score (nSPS) is 19.9. The van der Waals surface area contributed by atoms with Crippen molar-refractivity contribution in [3.8, 4) is 27.9 Å². The smallest absolute Gasteiger partial charge is 0.0543 e. The van der Waals surface area contributed by atoms with Crippen molar-refractivity contribution >= 4 is 38.9 Å².